The van der Waals surface area contributed by atoms with Gasteiger partial charge in [-0.05, 0) is 85.4 Å². The fourth-order valence-corrected chi connectivity index (χ4v) is 10.1. The van der Waals surface area contributed by atoms with E-state index in [0.29, 0.717) is 41.3 Å². The first-order chi connectivity index (χ1) is 14.7. The van der Waals surface area contributed by atoms with E-state index in [1.807, 2.05) is 0 Å². The van der Waals surface area contributed by atoms with Gasteiger partial charge in [-0.1, -0.05) is 27.7 Å². The lowest BCUT2D eigenvalue weighted by Crippen LogP contribution is -2.58. The Bertz CT molecular complexity index is 756. The Morgan fingerprint density at radius 3 is 2.55 bits per heavy atom. The van der Waals surface area contributed by atoms with Crippen molar-refractivity contribution in [2.75, 3.05) is 6.61 Å². The second-order valence-electron chi connectivity index (χ2n) is 13.1. The molecule has 2 heterocycles. The van der Waals surface area contributed by atoms with Gasteiger partial charge in [0.25, 0.3) is 0 Å². The molecule has 7 unspecified atom stereocenters. The fraction of sp³-hybridized carbons (Fsp3) is 0.963. The largest absolute Gasteiger partial charge is 0.393 e. The topological polar surface area (TPSA) is 55.8 Å². The van der Waals surface area contributed by atoms with E-state index in [1.54, 1.807) is 0 Å². The molecule has 6 fully saturated rings. The monoisotopic (exact) mass is 430 g/mol. The van der Waals surface area contributed by atoms with E-state index in [1.165, 1.54) is 12.8 Å². The molecule has 174 valence electrons. The van der Waals surface area contributed by atoms with E-state index in [0.717, 1.165) is 51.6 Å². The Morgan fingerprint density at radius 1 is 1.00 bits per heavy atom. The highest BCUT2D eigenvalue weighted by Crippen LogP contribution is 2.70. The van der Waals surface area contributed by atoms with Crippen molar-refractivity contribution >= 4 is 5.78 Å². The van der Waals surface area contributed by atoms with Crippen molar-refractivity contribution in [2.45, 2.75) is 103 Å². The van der Waals surface area contributed by atoms with Crippen molar-refractivity contribution in [3.63, 3.8) is 0 Å². The first-order valence-corrected chi connectivity index (χ1v) is 13.2. The number of ketones is 1. The van der Waals surface area contributed by atoms with Crippen LogP contribution in [0.25, 0.3) is 0 Å². The molecule has 4 saturated carbocycles. The number of hydrogen-bond donors (Lipinski definition) is 1. The molecule has 4 heteroatoms. The summed E-state index contributed by atoms with van der Waals surface area (Å²) in [5, 5.41) is 10.3. The van der Waals surface area contributed by atoms with E-state index in [9.17, 15) is 9.90 Å². The van der Waals surface area contributed by atoms with Crippen LogP contribution in [0.4, 0.5) is 0 Å². The van der Waals surface area contributed by atoms with Gasteiger partial charge in [0.1, 0.15) is 5.78 Å². The van der Waals surface area contributed by atoms with Gasteiger partial charge < -0.3 is 14.6 Å². The molecule has 2 saturated heterocycles. The van der Waals surface area contributed by atoms with Crippen molar-refractivity contribution in [3.8, 4) is 0 Å². The highest BCUT2D eigenvalue weighted by Gasteiger charge is 2.70. The van der Waals surface area contributed by atoms with Crippen molar-refractivity contribution in [1.29, 1.82) is 0 Å². The molecule has 6 rings (SSSR count). The van der Waals surface area contributed by atoms with Gasteiger partial charge in [0, 0.05) is 24.7 Å². The Morgan fingerprint density at radius 2 is 1.81 bits per heavy atom. The van der Waals surface area contributed by atoms with E-state index in [2.05, 4.69) is 27.7 Å². The van der Waals surface area contributed by atoms with Crippen molar-refractivity contribution < 1.29 is 19.4 Å². The summed E-state index contributed by atoms with van der Waals surface area (Å²) < 4.78 is 13.2. The van der Waals surface area contributed by atoms with Crippen LogP contribution in [0, 0.1) is 52.3 Å². The minimum atomic E-state index is -0.404. The number of aliphatic hydroxyl groups excluding tert-OH is 1. The number of Topliss-reactive ketones (excluding diaryl/α,β-unsaturated/α-hetero) is 1. The molecule has 0 aromatic heterocycles. The summed E-state index contributed by atoms with van der Waals surface area (Å²) in [4.78, 5) is 13.9. The van der Waals surface area contributed by atoms with Crippen LogP contribution in [0.3, 0.4) is 0 Å². The molecule has 0 aromatic rings. The van der Waals surface area contributed by atoms with Crippen molar-refractivity contribution in [1.82, 2.24) is 0 Å². The number of carbonyl (C=O) groups excluding carboxylic acids is 1. The average molecular weight is 431 g/mol. The highest BCUT2D eigenvalue weighted by atomic mass is 16.7. The second-order valence-corrected chi connectivity index (χ2v) is 13.1. The number of hydrogen-bond acceptors (Lipinski definition) is 4. The maximum absolute atomic E-state index is 13.9. The van der Waals surface area contributed by atoms with Gasteiger partial charge in [0.2, 0.25) is 0 Å². The number of aliphatic hydroxyl groups is 1. The summed E-state index contributed by atoms with van der Waals surface area (Å²) in [5.74, 6) is 3.36. The minimum absolute atomic E-state index is 0.0512. The minimum Gasteiger partial charge on any atom is -0.393 e. The van der Waals surface area contributed by atoms with Gasteiger partial charge in [0.05, 0.1) is 18.8 Å². The summed E-state index contributed by atoms with van der Waals surface area (Å²) in [6.07, 6.45) is 9.26. The second kappa shape index (κ2) is 6.79. The van der Waals surface area contributed by atoms with Crippen molar-refractivity contribution in [3.05, 3.63) is 0 Å². The highest BCUT2D eigenvalue weighted by molar-refractivity contribution is 5.84. The Kier molecular flexibility index (Phi) is 4.62. The van der Waals surface area contributed by atoms with Gasteiger partial charge >= 0.3 is 0 Å². The van der Waals surface area contributed by atoms with E-state index in [4.69, 9.17) is 9.47 Å². The molecular weight excluding hydrogens is 388 g/mol. The van der Waals surface area contributed by atoms with Crippen LogP contribution in [-0.4, -0.2) is 35.5 Å². The molecule has 6 aliphatic rings. The van der Waals surface area contributed by atoms with Gasteiger partial charge in [0.15, 0.2) is 5.79 Å². The number of rotatable bonds is 0. The molecule has 0 aromatic carbocycles. The fourth-order valence-electron chi connectivity index (χ4n) is 10.1. The molecule has 12 atom stereocenters. The summed E-state index contributed by atoms with van der Waals surface area (Å²) in [7, 11) is 0. The Labute approximate surface area is 187 Å². The van der Waals surface area contributed by atoms with E-state index in [-0.39, 0.29) is 29.0 Å². The average Bonchev–Trinajstić information content (AvgIpc) is 3.15. The maximum atomic E-state index is 13.9. The van der Waals surface area contributed by atoms with Gasteiger partial charge in [-0.25, -0.2) is 0 Å². The third kappa shape index (κ3) is 2.74. The van der Waals surface area contributed by atoms with Crippen LogP contribution in [0.2, 0.25) is 0 Å². The predicted octanol–water partition coefficient (Wildman–Crippen LogP) is 4.97. The van der Waals surface area contributed by atoms with Gasteiger partial charge in [-0.3, -0.25) is 4.79 Å². The van der Waals surface area contributed by atoms with Gasteiger partial charge in [-0.2, -0.15) is 0 Å². The Balaban J connectivity index is 1.30. The zero-order valence-corrected chi connectivity index (χ0v) is 19.9. The quantitative estimate of drug-likeness (QED) is 0.589. The zero-order chi connectivity index (χ0) is 21.8. The standard InChI is InChI=1S/C27H42O4/c1-15-7-10-27(30-14-15)16(2)23-22(31-27)12-20-19-6-5-17-11-18(28)8-9-25(17,3)24(19)21(29)13-26(20,23)4/h15-20,22-24,28H,5-14H2,1-4H3/t15?,16?,17-,18+,19?,20?,22+,23?,24?,25+,26+,27?/m1/s1. The molecule has 0 amide bonds. The number of carbonyl (C=O) groups is 1. The van der Waals surface area contributed by atoms with Crippen LogP contribution in [0.15, 0.2) is 0 Å². The molecular formula is C27H42O4. The molecule has 1 spiro atoms. The third-order valence-corrected chi connectivity index (χ3v) is 11.6. The first kappa shape index (κ1) is 21.1. The summed E-state index contributed by atoms with van der Waals surface area (Å²) >= 11 is 0. The van der Waals surface area contributed by atoms with Crippen LogP contribution in [-0.2, 0) is 14.3 Å². The first-order valence-electron chi connectivity index (χ1n) is 13.2. The van der Waals surface area contributed by atoms with Crippen LogP contribution in [0.1, 0.15) is 85.5 Å². The molecule has 4 aliphatic carbocycles. The molecule has 0 radical (unpaired) electrons. The lowest BCUT2D eigenvalue weighted by atomic mass is 9.44. The maximum Gasteiger partial charge on any atom is 0.171 e. The third-order valence-electron chi connectivity index (χ3n) is 11.6. The molecule has 0 bridgehead atoms. The summed E-state index contributed by atoms with van der Waals surface area (Å²) in [6, 6.07) is 0. The van der Waals surface area contributed by atoms with E-state index < -0.39 is 5.79 Å². The van der Waals surface area contributed by atoms with Crippen LogP contribution < -0.4 is 0 Å². The predicted molar refractivity (Wildman–Crippen MR) is 118 cm³/mol. The van der Waals surface area contributed by atoms with Crippen LogP contribution in [0.5, 0.6) is 0 Å². The van der Waals surface area contributed by atoms with Gasteiger partial charge in [-0.15, -0.1) is 0 Å². The Hall–Kier alpha value is -0.450. The number of ether oxygens (including phenoxy) is 2. The van der Waals surface area contributed by atoms with Crippen LogP contribution >= 0.6 is 0 Å². The SMILES string of the molecule is CC1CCC2(OC1)O[C@H]1CC3C4CC[C@@H]5C[C@@H](O)CC[C@]5(C)C4C(=O)C[C@]3(C)C1C2C. The smallest absolute Gasteiger partial charge is 0.171 e. The number of fused-ring (bicyclic) bond motifs is 7. The molecule has 2 aliphatic heterocycles. The lowest BCUT2D eigenvalue weighted by Gasteiger charge is -2.60. The molecule has 4 nitrogen and oxygen atoms in total. The van der Waals surface area contributed by atoms with E-state index >= 15 is 0 Å². The molecule has 1 N–H and O–H groups in total. The molecule has 31 heavy (non-hydrogen) atoms. The normalized spacial score (nSPS) is 60.9. The zero-order valence-electron chi connectivity index (χ0n) is 19.9. The lowest BCUT2D eigenvalue weighted by molar-refractivity contribution is -0.272. The summed E-state index contributed by atoms with van der Waals surface area (Å²) in [6.45, 7) is 10.2. The van der Waals surface area contributed by atoms with Crippen molar-refractivity contribution in [2.24, 2.45) is 52.3 Å². The summed E-state index contributed by atoms with van der Waals surface area (Å²) in [5.41, 5.74) is 0.143.